The smallest absolute Gasteiger partial charge is 0.274 e. The number of thioether (sulfide) groups is 1. The largest absolute Gasteiger partial charge is 0.473 e. The molecule has 0 fully saturated rings. The van der Waals surface area contributed by atoms with E-state index >= 15 is 0 Å². The zero-order chi connectivity index (χ0) is 23.5. The van der Waals surface area contributed by atoms with Gasteiger partial charge in [0.25, 0.3) is 5.91 Å². The molecular formula is C25H24N2O4S2. The Balaban J connectivity index is 1.65. The normalized spacial score (nSPS) is 15.4. The summed E-state index contributed by atoms with van der Waals surface area (Å²) in [6.45, 7) is 2.32. The summed E-state index contributed by atoms with van der Waals surface area (Å²) in [6.07, 6.45) is 1.15. The second kappa shape index (κ2) is 9.41. The van der Waals surface area contributed by atoms with Gasteiger partial charge in [-0.3, -0.25) is 9.79 Å². The number of rotatable bonds is 6. The van der Waals surface area contributed by atoms with Crippen molar-refractivity contribution >= 4 is 32.7 Å². The van der Waals surface area contributed by atoms with E-state index in [-0.39, 0.29) is 10.8 Å². The van der Waals surface area contributed by atoms with Gasteiger partial charge >= 0.3 is 0 Å². The van der Waals surface area contributed by atoms with Crippen molar-refractivity contribution in [3.8, 4) is 16.9 Å². The Hall–Kier alpha value is -3.10. The first-order valence-corrected chi connectivity index (χ1v) is 13.3. The van der Waals surface area contributed by atoms with Crippen LogP contribution >= 0.6 is 11.8 Å². The average molecular weight is 481 g/mol. The van der Waals surface area contributed by atoms with Gasteiger partial charge in [0.05, 0.1) is 11.4 Å². The fourth-order valence-corrected chi connectivity index (χ4v) is 4.82. The Morgan fingerprint density at radius 3 is 2.18 bits per heavy atom. The van der Waals surface area contributed by atoms with Gasteiger partial charge in [-0.15, -0.1) is 0 Å². The van der Waals surface area contributed by atoms with E-state index in [1.165, 1.54) is 23.9 Å². The van der Waals surface area contributed by atoms with Crippen LogP contribution in [0.2, 0.25) is 0 Å². The van der Waals surface area contributed by atoms with Crippen molar-refractivity contribution in [2.45, 2.75) is 17.4 Å². The third kappa shape index (κ3) is 5.29. The van der Waals surface area contributed by atoms with Gasteiger partial charge in [0, 0.05) is 17.6 Å². The molecule has 6 nitrogen and oxygen atoms in total. The summed E-state index contributed by atoms with van der Waals surface area (Å²) in [5.41, 5.74) is 1.24. The minimum atomic E-state index is -3.36. The summed E-state index contributed by atoms with van der Waals surface area (Å²) < 4.78 is 30.0. The van der Waals surface area contributed by atoms with Crippen molar-refractivity contribution in [3.05, 3.63) is 84.4 Å². The predicted octanol–water partition coefficient (Wildman–Crippen LogP) is 4.27. The highest BCUT2D eigenvalue weighted by Crippen LogP contribution is 2.31. The van der Waals surface area contributed by atoms with E-state index < -0.39 is 15.4 Å². The second-order valence-corrected chi connectivity index (χ2v) is 10.9. The number of amides is 1. The molecule has 1 aliphatic rings. The number of benzene rings is 3. The maximum absolute atomic E-state index is 13.3. The summed E-state index contributed by atoms with van der Waals surface area (Å²) in [6, 6.07) is 23.7. The highest BCUT2D eigenvalue weighted by atomic mass is 32.2. The molecule has 1 amide bonds. The molecule has 3 aromatic rings. The first-order valence-electron chi connectivity index (χ1n) is 10.4. The number of aliphatic imine (C=N–C) groups is 1. The van der Waals surface area contributed by atoms with Gasteiger partial charge in [-0.25, -0.2) is 8.42 Å². The first kappa shape index (κ1) is 23.1. The summed E-state index contributed by atoms with van der Waals surface area (Å²) in [4.78, 5) is 17.8. The van der Waals surface area contributed by atoms with Crippen LogP contribution in [0.4, 0.5) is 0 Å². The van der Waals surface area contributed by atoms with Crippen LogP contribution in [0.5, 0.6) is 5.75 Å². The molecule has 0 bridgehead atoms. The van der Waals surface area contributed by atoms with Gasteiger partial charge in [0.2, 0.25) is 5.60 Å². The maximum atomic E-state index is 13.3. The van der Waals surface area contributed by atoms with Gasteiger partial charge in [0.1, 0.15) is 5.75 Å². The summed E-state index contributed by atoms with van der Waals surface area (Å²) in [5, 5.41) is 3.41. The van der Waals surface area contributed by atoms with Crippen molar-refractivity contribution in [2.75, 3.05) is 18.6 Å². The Morgan fingerprint density at radius 1 is 0.970 bits per heavy atom. The van der Waals surface area contributed by atoms with Crippen LogP contribution in [0, 0.1) is 0 Å². The number of ether oxygens (including phenoxy) is 1. The highest BCUT2D eigenvalue weighted by Gasteiger charge is 2.39. The van der Waals surface area contributed by atoms with E-state index in [1.54, 1.807) is 19.1 Å². The number of carbonyl (C=O) groups is 1. The van der Waals surface area contributed by atoms with Crippen LogP contribution in [0.15, 0.2) is 88.8 Å². The van der Waals surface area contributed by atoms with Crippen molar-refractivity contribution in [3.63, 3.8) is 0 Å². The molecular weight excluding hydrogens is 456 g/mol. The van der Waals surface area contributed by atoms with Crippen LogP contribution in [0.25, 0.3) is 11.1 Å². The average Bonchev–Trinajstić information content (AvgIpc) is 3.33. The summed E-state index contributed by atoms with van der Waals surface area (Å²) in [7, 11) is -3.36. The zero-order valence-corrected chi connectivity index (χ0v) is 19.9. The predicted molar refractivity (Wildman–Crippen MR) is 132 cm³/mol. The molecule has 170 valence electrons. The lowest BCUT2D eigenvalue weighted by Gasteiger charge is -2.30. The van der Waals surface area contributed by atoms with Crippen LogP contribution in [0.1, 0.15) is 12.5 Å². The molecule has 1 N–H and O–H groups in total. The number of nitrogens with zero attached hydrogens (tertiary/aromatic N) is 1. The molecule has 1 atom stereocenters. The molecule has 4 rings (SSSR count). The number of sulfone groups is 1. The third-order valence-electron chi connectivity index (χ3n) is 5.36. The van der Waals surface area contributed by atoms with Gasteiger partial charge < -0.3 is 10.1 Å². The lowest BCUT2D eigenvalue weighted by molar-refractivity contribution is -0.134. The molecule has 0 aliphatic carbocycles. The van der Waals surface area contributed by atoms with E-state index in [2.05, 4.69) is 10.3 Å². The summed E-state index contributed by atoms with van der Waals surface area (Å²) >= 11 is 1.48. The lowest BCUT2D eigenvalue weighted by Crippen LogP contribution is -2.47. The monoisotopic (exact) mass is 480 g/mol. The molecule has 0 saturated carbocycles. The molecule has 1 heterocycles. The van der Waals surface area contributed by atoms with Crippen molar-refractivity contribution in [2.24, 2.45) is 4.99 Å². The molecule has 0 saturated heterocycles. The minimum absolute atomic E-state index is 0.178. The molecule has 8 heteroatoms. The number of amidine groups is 1. The number of nitrogens with one attached hydrogen (secondary N) is 1. The van der Waals surface area contributed by atoms with Crippen molar-refractivity contribution in [1.82, 2.24) is 5.32 Å². The molecule has 0 radical (unpaired) electrons. The van der Waals surface area contributed by atoms with E-state index in [0.29, 0.717) is 23.0 Å². The molecule has 3 aromatic carbocycles. The first-order chi connectivity index (χ1) is 15.8. The SMILES string of the molecule is CC(Oc1ccc(-c2ccccc2)cc1)(C(=O)NC1=NCCS1)c1ccc(S(C)(=O)=O)cc1. The zero-order valence-electron chi connectivity index (χ0n) is 18.3. The lowest BCUT2D eigenvalue weighted by atomic mass is 9.94. The molecule has 1 aliphatic heterocycles. The summed E-state index contributed by atoms with van der Waals surface area (Å²) in [5.74, 6) is 0.951. The quantitative estimate of drug-likeness (QED) is 0.570. The Morgan fingerprint density at radius 2 is 1.61 bits per heavy atom. The third-order valence-corrected chi connectivity index (χ3v) is 7.38. The van der Waals surface area contributed by atoms with Gasteiger partial charge in [0.15, 0.2) is 15.0 Å². The maximum Gasteiger partial charge on any atom is 0.274 e. The Kier molecular flexibility index (Phi) is 6.58. The van der Waals surface area contributed by atoms with Gasteiger partial charge in [-0.05, 0) is 42.3 Å². The molecule has 33 heavy (non-hydrogen) atoms. The fourth-order valence-electron chi connectivity index (χ4n) is 3.47. The number of hydrogen-bond donors (Lipinski definition) is 1. The van der Waals surface area contributed by atoms with E-state index in [9.17, 15) is 13.2 Å². The van der Waals surface area contributed by atoms with Crippen LogP contribution in [-0.2, 0) is 20.2 Å². The van der Waals surface area contributed by atoms with Gasteiger partial charge in [-0.1, -0.05) is 66.4 Å². The number of hydrogen-bond acceptors (Lipinski definition) is 6. The molecule has 1 unspecified atom stereocenters. The van der Waals surface area contributed by atoms with Crippen molar-refractivity contribution < 1.29 is 17.9 Å². The van der Waals surface area contributed by atoms with Crippen LogP contribution < -0.4 is 10.1 Å². The van der Waals surface area contributed by atoms with E-state index in [0.717, 1.165) is 23.1 Å². The number of carbonyl (C=O) groups excluding carboxylic acids is 1. The minimum Gasteiger partial charge on any atom is -0.473 e. The standard InChI is InChI=1S/C25H24N2O4S2/c1-25(23(28)27-24-26-16-17-32-24,20-10-14-22(15-11-20)33(2,29)30)31-21-12-8-19(9-13-21)18-6-4-3-5-7-18/h3-15H,16-17H2,1-2H3,(H,26,27,28). The van der Waals surface area contributed by atoms with E-state index in [4.69, 9.17) is 4.74 Å². The van der Waals surface area contributed by atoms with E-state index in [1.807, 2.05) is 54.6 Å². The molecule has 0 aromatic heterocycles. The Labute approximate surface area is 198 Å². The van der Waals surface area contributed by atoms with Gasteiger partial charge in [-0.2, -0.15) is 0 Å². The van der Waals surface area contributed by atoms with Crippen LogP contribution in [0.3, 0.4) is 0 Å². The van der Waals surface area contributed by atoms with Crippen molar-refractivity contribution in [1.29, 1.82) is 0 Å². The molecule has 0 spiro atoms. The Bertz CT molecular complexity index is 1270. The topological polar surface area (TPSA) is 84.8 Å². The fraction of sp³-hybridized carbons (Fsp3) is 0.200. The highest BCUT2D eigenvalue weighted by molar-refractivity contribution is 8.14. The second-order valence-electron chi connectivity index (χ2n) is 7.81. The van der Waals surface area contributed by atoms with Crippen LogP contribution in [-0.4, -0.2) is 38.0 Å².